The summed E-state index contributed by atoms with van der Waals surface area (Å²) in [7, 11) is 0. The molecule has 1 heterocycles. The van der Waals surface area contributed by atoms with Gasteiger partial charge in [-0.25, -0.2) is 0 Å². The fraction of sp³-hybridized carbons (Fsp3) is 0.312. The van der Waals surface area contributed by atoms with Crippen LogP contribution >= 0.6 is 0 Å². The van der Waals surface area contributed by atoms with Gasteiger partial charge in [-0.3, -0.25) is 14.4 Å². The van der Waals surface area contributed by atoms with Gasteiger partial charge in [-0.2, -0.15) is 5.26 Å². The van der Waals surface area contributed by atoms with Crippen molar-refractivity contribution in [1.82, 2.24) is 10.2 Å². The van der Waals surface area contributed by atoms with Gasteiger partial charge in [0.15, 0.2) is 0 Å². The second-order valence-electron chi connectivity index (χ2n) is 9.96. The molecule has 200 valence electrons. The molecule has 1 fully saturated rings. The smallest absolute Gasteiger partial charge is 0.306 e. The molecule has 7 heteroatoms. The molecule has 4 rings (SSSR count). The molecule has 1 saturated heterocycles. The third kappa shape index (κ3) is 7.55. The van der Waals surface area contributed by atoms with Crippen LogP contribution in [0, 0.1) is 23.2 Å². The first-order valence-corrected chi connectivity index (χ1v) is 13.3. The Morgan fingerprint density at radius 1 is 0.949 bits per heavy atom. The summed E-state index contributed by atoms with van der Waals surface area (Å²) in [5.41, 5.74) is 2.70. The third-order valence-electron chi connectivity index (χ3n) is 7.24. The fourth-order valence-electron chi connectivity index (χ4n) is 4.90. The number of esters is 1. The van der Waals surface area contributed by atoms with Crippen LogP contribution in [-0.4, -0.2) is 35.8 Å². The number of carbonyl (C=O) groups is 3. The number of amides is 2. The molecular formula is C32H33N3O4. The molecule has 1 aliphatic rings. The largest absolute Gasteiger partial charge is 0.461 e. The van der Waals surface area contributed by atoms with Gasteiger partial charge in [-0.1, -0.05) is 67.6 Å². The van der Waals surface area contributed by atoms with Crippen LogP contribution in [0.2, 0.25) is 0 Å². The van der Waals surface area contributed by atoms with Crippen LogP contribution in [0.4, 0.5) is 0 Å². The molecule has 0 radical (unpaired) electrons. The van der Waals surface area contributed by atoms with Gasteiger partial charge in [0.1, 0.15) is 6.61 Å². The Labute approximate surface area is 229 Å². The number of piperidine rings is 1. The van der Waals surface area contributed by atoms with Crippen molar-refractivity contribution in [3.8, 4) is 6.07 Å². The number of rotatable bonds is 9. The maximum Gasteiger partial charge on any atom is 0.306 e. The van der Waals surface area contributed by atoms with Crippen LogP contribution in [-0.2, 0) is 20.9 Å². The number of nitrogens with zero attached hydrogens (tertiary/aromatic N) is 2. The Morgan fingerprint density at radius 3 is 2.18 bits per heavy atom. The van der Waals surface area contributed by atoms with Gasteiger partial charge in [0, 0.05) is 25.1 Å². The van der Waals surface area contributed by atoms with Gasteiger partial charge in [-0.05, 0) is 54.2 Å². The molecule has 0 spiro atoms. The average molecular weight is 524 g/mol. The van der Waals surface area contributed by atoms with Gasteiger partial charge >= 0.3 is 5.97 Å². The number of nitrogens with one attached hydrogen (secondary N) is 1. The van der Waals surface area contributed by atoms with E-state index in [9.17, 15) is 14.4 Å². The molecule has 1 aliphatic heterocycles. The highest BCUT2D eigenvalue weighted by Crippen LogP contribution is 2.28. The molecule has 1 N–H and O–H groups in total. The predicted molar refractivity (Wildman–Crippen MR) is 147 cm³/mol. The van der Waals surface area contributed by atoms with Crippen molar-refractivity contribution in [2.75, 3.05) is 13.1 Å². The summed E-state index contributed by atoms with van der Waals surface area (Å²) < 4.78 is 5.43. The van der Waals surface area contributed by atoms with Crippen LogP contribution in [0.3, 0.4) is 0 Å². The minimum atomic E-state index is -0.521. The summed E-state index contributed by atoms with van der Waals surface area (Å²) in [5.74, 6) is -0.878. The normalized spacial score (nSPS) is 15.0. The zero-order valence-corrected chi connectivity index (χ0v) is 22.1. The van der Waals surface area contributed by atoms with Crippen LogP contribution in [0.1, 0.15) is 59.3 Å². The second kappa shape index (κ2) is 13.4. The van der Waals surface area contributed by atoms with Gasteiger partial charge in [0.2, 0.25) is 5.91 Å². The number of likely N-dealkylation sites (tertiary alicyclic amines) is 1. The Bertz CT molecular complexity index is 1290. The third-order valence-corrected chi connectivity index (χ3v) is 7.24. The maximum absolute atomic E-state index is 13.5. The molecule has 0 aromatic heterocycles. The summed E-state index contributed by atoms with van der Waals surface area (Å²) in [6.07, 6.45) is 1.80. The summed E-state index contributed by atoms with van der Waals surface area (Å²) in [6, 6.07) is 27.0. The number of nitriles is 1. The lowest BCUT2D eigenvalue weighted by atomic mass is 9.90. The number of hydrogen-bond acceptors (Lipinski definition) is 5. The van der Waals surface area contributed by atoms with E-state index < -0.39 is 12.0 Å². The van der Waals surface area contributed by atoms with Crippen molar-refractivity contribution in [2.24, 2.45) is 11.8 Å². The monoisotopic (exact) mass is 523 g/mol. The second-order valence-corrected chi connectivity index (χ2v) is 9.96. The summed E-state index contributed by atoms with van der Waals surface area (Å²) in [6.45, 7) is 3.23. The first kappa shape index (κ1) is 27.6. The van der Waals surface area contributed by atoms with E-state index in [1.54, 1.807) is 24.3 Å². The van der Waals surface area contributed by atoms with Gasteiger partial charge < -0.3 is 15.0 Å². The van der Waals surface area contributed by atoms with Crippen molar-refractivity contribution in [3.05, 3.63) is 107 Å². The number of hydrogen-bond donors (Lipinski definition) is 1. The highest BCUT2D eigenvalue weighted by atomic mass is 16.5. The molecule has 2 unspecified atom stereocenters. The first-order chi connectivity index (χ1) is 18.9. The maximum atomic E-state index is 13.5. The quantitative estimate of drug-likeness (QED) is 0.396. The Kier molecular flexibility index (Phi) is 9.47. The van der Waals surface area contributed by atoms with Crippen LogP contribution < -0.4 is 5.32 Å². The Balaban J connectivity index is 1.34. The fourth-order valence-corrected chi connectivity index (χ4v) is 4.90. The molecule has 0 saturated carbocycles. The van der Waals surface area contributed by atoms with E-state index in [1.165, 1.54) is 0 Å². The summed E-state index contributed by atoms with van der Waals surface area (Å²) in [5, 5.41) is 12.1. The zero-order valence-electron chi connectivity index (χ0n) is 22.1. The molecule has 2 amide bonds. The Hall–Kier alpha value is -4.44. The zero-order chi connectivity index (χ0) is 27.6. The summed E-state index contributed by atoms with van der Waals surface area (Å²) >= 11 is 0. The summed E-state index contributed by atoms with van der Waals surface area (Å²) in [4.78, 5) is 40.8. The Morgan fingerprint density at radius 2 is 1.56 bits per heavy atom. The van der Waals surface area contributed by atoms with Crippen LogP contribution in [0.25, 0.3) is 0 Å². The van der Waals surface area contributed by atoms with E-state index in [0.29, 0.717) is 30.6 Å². The van der Waals surface area contributed by atoms with Gasteiger partial charge in [-0.15, -0.1) is 0 Å². The van der Waals surface area contributed by atoms with Crippen molar-refractivity contribution in [2.45, 2.75) is 38.8 Å². The minimum Gasteiger partial charge on any atom is -0.461 e. The van der Waals surface area contributed by atoms with Crippen LogP contribution in [0.15, 0.2) is 84.9 Å². The lowest BCUT2D eigenvalue weighted by Crippen LogP contribution is -2.45. The number of ether oxygens (including phenoxy) is 1. The highest BCUT2D eigenvalue weighted by Gasteiger charge is 2.33. The first-order valence-electron chi connectivity index (χ1n) is 13.3. The number of benzene rings is 3. The molecule has 0 bridgehead atoms. The standard InChI is InChI=1S/C32H33N3O4/c1-23(30(27-10-6-3-7-11-27)34-31(37)28-14-12-25(21-33)13-15-28)32(38)35-18-16-24(17-19-35)20-29(36)39-22-26-8-4-2-5-9-26/h2-15,23-24,30H,16-20,22H2,1H3,(H,34,37). The van der Waals surface area contributed by atoms with Crippen molar-refractivity contribution in [1.29, 1.82) is 5.26 Å². The SMILES string of the molecule is CC(C(=O)N1CCC(CC(=O)OCc2ccccc2)CC1)C(NC(=O)c1ccc(C#N)cc1)c1ccccc1. The van der Waals surface area contributed by atoms with Gasteiger partial charge in [0.25, 0.3) is 5.91 Å². The molecule has 39 heavy (non-hydrogen) atoms. The predicted octanol–water partition coefficient (Wildman–Crippen LogP) is 5.04. The van der Waals surface area contributed by atoms with Crippen molar-refractivity contribution >= 4 is 17.8 Å². The molecule has 0 aliphatic carbocycles. The van der Waals surface area contributed by atoms with E-state index in [0.717, 1.165) is 24.0 Å². The van der Waals surface area contributed by atoms with Crippen LogP contribution in [0.5, 0.6) is 0 Å². The number of carbonyl (C=O) groups excluding carboxylic acids is 3. The van der Waals surface area contributed by atoms with E-state index in [-0.39, 0.29) is 30.3 Å². The minimum absolute atomic E-state index is 0.0333. The molecule has 3 aromatic carbocycles. The topological polar surface area (TPSA) is 99.5 Å². The van der Waals surface area contributed by atoms with E-state index in [2.05, 4.69) is 5.32 Å². The highest BCUT2D eigenvalue weighted by molar-refractivity contribution is 5.95. The lowest BCUT2D eigenvalue weighted by molar-refractivity contribution is -0.146. The lowest BCUT2D eigenvalue weighted by Gasteiger charge is -2.35. The van der Waals surface area contributed by atoms with Crippen molar-refractivity contribution in [3.63, 3.8) is 0 Å². The van der Waals surface area contributed by atoms with E-state index in [4.69, 9.17) is 10.00 Å². The molecule has 7 nitrogen and oxygen atoms in total. The molecule has 2 atom stereocenters. The van der Waals surface area contributed by atoms with Crippen molar-refractivity contribution < 1.29 is 19.1 Å². The molecule has 3 aromatic rings. The average Bonchev–Trinajstić information content (AvgIpc) is 2.99. The molecular weight excluding hydrogens is 490 g/mol. The van der Waals surface area contributed by atoms with E-state index in [1.807, 2.05) is 78.6 Å². The van der Waals surface area contributed by atoms with Gasteiger partial charge in [0.05, 0.1) is 23.6 Å². The van der Waals surface area contributed by atoms with E-state index >= 15 is 0 Å².